The summed E-state index contributed by atoms with van der Waals surface area (Å²) >= 11 is 0. The Labute approximate surface area is 204 Å². The average molecular weight is 479 g/mol. The standard InChI is InChI=1S/C26H31FN6O2/c27-21-8-4-7-20(15-21)25-17-33-24(18-35-25)23(30-31-33)16-32-13-10-22(11-14-32)29-26(34)28-12-9-19-5-2-1-3-6-19/h1-8,15,22,25H,9-14,16-18H2,(H2,28,29,34). The number of amides is 2. The molecule has 0 radical (unpaired) electrons. The Hall–Kier alpha value is -3.30. The fourth-order valence-electron chi connectivity index (χ4n) is 4.74. The fourth-order valence-corrected chi connectivity index (χ4v) is 4.74. The number of carbonyl (C=O) groups is 1. The van der Waals surface area contributed by atoms with Crippen molar-refractivity contribution in [2.45, 2.75) is 51.1 Å². The number of halogens is 1. The second-order valence-corrected chi connectivity index (χ2v) is 9.21. The molecule has 9 heteroatoms. The van der Waals surface area contributed by atoms with Crippen molar-refractivity contribution < 1.29 is 13.9 Å². The summed E-state index contributed by atoms with van der Waals surface area (Å²) in [5.41, 5.74) is 3.93. The topological polar surface area (TPSA) is 84.3 Å². The second kappa shape index (κ2) is 11.0. The Bertz CT molecular complexity index is 1130. The molecule has 184 valence electrons. The van der Waals surface area contributed by atoms with Gasteiger partial charge in [0.25, 0.3) is 0 Å². The number of hydrogen-bond acceptors (Lipinski definition) is 5. The zero-order valence-corrected chi connectivity index (χ0v) is 19.7. The normalized spacial score (nSPS) is 18.7. The van der Waals surface area contributed by atoms with E-state index in [1.54, 1.807) is 6.07 Å². The molecule has 2 aromatic carbocycles. The van der Waals surface area contributed by atoms with Gasteiger partial charge in [0.1, 0.15) is 17.6 Å². The molecule has 1 atom stereocenters. The van der Waals surface area contributed by atoms with Gasteiger partial charge in [-0.25, -0.2) is 13.9 Å². The molecule has 5 rings (SSSR count). The predicted molar refractivity (Wildman–Crippen MR) is 129 cm³/mol. The Kier molecular flexibility index (Phi) is 7.34. The average Bonchev–Trinajstić information content (AvgIpc) is 3.28. The number of rotatable bonds is 7. The lowest BCUT2D eigenvalue weighted by Crippen LogP contribution is -2.48. The van der Waals surface area contributed by atoms with Crippen LogP contribution >= 0.6 is 0 Å². The van der Waals surface area contributed by atoms with Gasteiger partial charge >= 0.3 is 6.03 Å². The largest absolute Gasteiger partial charge is 0.365 e. The van der Waals surface area contributed by atoms with Crippen molar-refractivity contribution in [3.8, 4) is 0 Å². The highest BCUT2D eigenvalue weighted by Gasteiger charge is 2.27. The molecule has 1 fully saturated rings. The van der Waals surface area contributed by atoms with Crippen LogP contribution in [0, 0.1) is 5.82 Å². The van der Waals surface area contributed by atoms with E-state index in [-0.39, 0.29) is 24.0 Å². The van der Waals surface area contributed by atoms with Crippen LogP contribution in [0.3, 0.4) is 0 Å². The Morgan fingerprint density at radius 2 is 1.94 bits per heavy atom. The molecule has 8 nitrogen and oxygen atoms in total. The zero-order valence-electron chi connectivity index (χ0n) is 19.7. The van der Waals surface area contributed by atoms with Gasteiger partial charge in [-0.3, -0.25) is 4.90 Å². The SMILES string of the molecule is O=C(NCCc1ccccc1)NC1CCN(Cc2nnn3c2COC(c2cccc(F)c2)C3)CC1. The molecule has 0 bridgehead atoms. The molecular formula is C26H31FN6O2. The first-order valence-electron chi connectivity index (χ1n) is 12.2. The summed E-state index contributed by atoms with van der Waals surface area (Å²) in [5.74, 6) is -0.265. The zero-order chi connectivity index (χ0) is 24.0. The van der Waals surface area contributed by atoms with Crippen LogP contribution in [0.15, 0.2) is 54.6 Å². The number of aromatic nitrogens is 3. The third kappa shape index (κ3) is 6.04. The number of carbonyl (C=O) groups excluding carboxylic acids is 1. The Morgan fingerprint density at radius 1 is 1.11 bits per heavy atom. The maximum Gasteiger partial charge on any atom is 0.315 e. The third-order valence-corrected chi connectivity index (χ3v) is 6.74. The molecular weight excluding hydrogens is 447 g/mol. The van der Waals surface area contributed by atoms with Gasteiger partial charge in [0.2, 0.25) is 0 Å². The number of hydrogen-bond donors (Lipinski definition) is 2. The van der Waals surface area contributed by atoms with E-state index in [9.17, 15) is 9.18 Å². The molecule has 2 N–H and O–H groups in total. The van der Waals surface area contributed by atoms with Crippen molar-refractivity contribution in [3.05, 3.63) is 82.9 Å². The lowest BCUT2D eigenvalue weighted by Gasteiger charge is -2.32. The van der Waals surface area contributed by atoms with Crippen molar-refractivity contribution in [2.75, 3.05) is 19.6 Å². The first-order valence-corrected chi connectivity index (χ1v) is 12.2. The number of ether oxygens (including phenoxy) is 1. The molecule has 0 saturated carbocycles. The predicted octanol–water partition coefficient (Wildman–Crippen LogP) is 3.20. The number of piperidine rings is 1. The van der Waals surface area contributed by atoms with Crippen LogP contribution in [-0.4, -0.2) is 51.6 Å². The minimum absolute atomic E-state index is 0.100. The maximum absolute atomic E-state index is 13.6. The highest BCUT2D eigenvalue weighted by molar-refractivity contribution is 5.74. The lowest BCUT2D eigenvalue weighted by molar-refractivity contribution is -0.00232. The second-order valence-electron chi connectivity index (χ2n) is 9.21. The molecule has 3 heterocycles. The quantitative estimate of drug-likeness (QED) is 0.545. The van der Waals surface area contributed by atoms with Crippen LogP contribution in [0.4, 0.5) is 9.18 Å². The molecule has 2 aliphatic heterocycles. The van der Waals surface area contributed by atoms with Gasteiger partial charge in [0.15, 0.2) is 0 Å². The summed E-state index contributed by atoms with van der Waals surface area (Å²) in [6.45, 7) is 4.03. The van der Waals surface area contributed by atoms with Crippen LogP contribution in [0.1, 0.15) is 41.5 Å². The molecule has 3 aromatic rings. The number of likely N-dealkylation sites (tertiary alicyclic amines) is 1. The van der Waals surface area contributed by atoms with E-state index in [0.717, 1.165) is 49.3 Å². The summed E-state index contributed by atoms with van der Waals surface area (Å²) < 4.78 is 21.5. The van der Waals surface area contributed by atoms with E-state index >= 15 is 0 Å². The molecule has 0 aliphatic carbocycles. The minimum Gasteiger partial charge on any atom is -0.365 e. The molecule has 0 spiro atoms. The molecule has 1 unspecified atom stereocenters. The van der Waals surface area contributed by atoms with Gasteiger partial charge in [0.05, 0.1) is 18.8 Å². The molecule has 2 aliphatic rings. The molecule has 1 aromatic heterocycles. The Morgan fingerprint density at radius 3 is 2.74 bits per heavy atom. The summed E-state index contributed by atoms with van der Waals surface area (Å²) in [6, 6.07) is 16.7. The first kappa shape index (κ1) is 23.4. The van der Waals surface area contributed by atoms with Crippen molar-refractivity contribution >= 4 is 6.03 Å². The van der Waals surface area contributed by atoms with Crippen LogP contribution in [0.5, 0.6) is 0 Å². The monoisotopic (exact) mass is 478 g/mol. The van der Waals surface area contributed by atoms with Gasteiger partial charge in [-0.05, 0) is 42.5 Å². The number of benzene rings is 2. The minimum atomic E-state index is -0.265. The van der Waals surface area contributed by atoms with E-state index in [4.69, 9.17) is 4.74 Å². The van der Waals surface area contributed by atoms with Gasteiger partial charge < -0.3 is 15.4 Å². The summed E-state index contributed by atoms with van der Waals surface area (Å²) in [7, 11) is 0. The van der Waals surface area contributed by atoms with E-state index in [1.165, 1.54) is 17.7 Å². The fraction of sp³-hybridized carbons (Fsp3) is 0.423. The summed E-state index contributed by atoms with van der Waals surface area (Å²) in [5, 5.41) is 14.8. The molecule has 2 amide bonds. The van der Waals surface area contributed by atoms with Gasteiger partial charge in [-0.15, -0.1) is 5.10 Å². The van der Waals surface area contributed by atoms with E-state index in [1.807, 2.05) is 28.9 Å². The van der Waals surface area contributed by atoms with E-state index in [0.29, 0.717) is 26.2 Å². The highest BCUT2D eigenvalue weighted by Crippen LogP contribution is 2.28. The van der Waals surface area contributed by atoms with Gasteiger partial charge in [-0.2, -0.15) is 0 Å². The maximum atomic E-state index is 13.6. The number of nitrogens with zero attached hydrogens (tertiary/aromatic N) is 4. The highest BCUT2D eigenvalue weighted by atomic mass is 19.1. The van der Waals surface area contributed by atoms with Crippen LogP contribution in [0.2, 0.25) is 0 Å². The number of urea groups is 1. The third-order valence-electron chi connectivity index (χ3n) is 6.74. The summed E-state index contributed by atoms with van der Waals surface area (Å²) in [4.78, 5) is 14.6. The van der Waals surface area contributed by atoms with Crippen LogP contribution < -0.4 is 10.6 Å². The van der Waals surface area contributed by atoms with Crippen LogP contribution in [-0.2, 0) is 30.9 Å². The summed E-state index contributed by atoms with van der Waals surface area (Å²) in [6.07, 6.45) is 2.39. The number of nitrogens with one attached hydrogen (secondary N) is 2. The van der Waals surface area contributed by atoms with Crippen molar-refractivity contribution in [2.24, 2.45) is 0 Å². The smallest absolute Gasteiger partial charge is 0.315 e. The van der Waals surface area contributed by atoms with Gasteiger partial charge in [-0.1, -0.05) is 47.7 Å². The van der Waals surface area contributed by atoms with Crippen LogP contribution in [0.25, 0.3) is 0 Å². The van der Waals surface area contributed by atoms with E-state index < -0.39 is 0 Å². The Balaban J connectivity index is 1.06. The first-order chi connectivity index (χ1) is 17.1. The van der Waals surface area contributed by atoms with E-state index in [2.05, 4.69) is 38.0 Å². The number of fused-ring (bicyclic) bond motifs is 1. The lowest BCUT2D eigenvalue weighted by atomic mass is 10.0. The van der Waals surface area contributed by atoms with Crippen molar-refractivity contribution in [1.82, 2.24) is 30.5 Å². The molecule has 1 saturated heterocycles. The molecule has 35 heavy (non-hydrogen) atoms. The van der Waals surface area contributed by atoms with Gasteiger partial charge in [0, 0.05) is 32.2 Å². The van der Waals surface area contributed by atoms with Crippen molar-refractivity contribution in [1.29, 1.82) is 0 Å². The van der Waals surface area contributed by atoms with Crippen molar-refractivity contribution in [3.63, 3.8) is 0 Å².